The smallest absolute Gasteiger partial charge is 0.410 e. The fourth-order valence-corrected chi connectivity index (χ4v) is 2.53. The van der Waals surface area contributed by atoms with Gasteiger partial charge in [-0.15, -0.1) is 0 Å². The molecule has 1 aliphatic heterocycles. The predicted molar refractivity (Wildman–Crippen MR) is 75.8 cm³/mol. The van der Waals surface area contributed by atoms with Gasteiger partial charge in [-0.1, -0.05) is 44.2 Å². The van der Waals surface area contributed by atoms with Crippen molar-refractivity contribution in [3.63, 3.8) is 0 Å². The molecule has 2 rings (SSSR count). The molecule has 1 aromatic rings. The van der Waals surface area contributed by atoms with Crippen LogP contribution in [-0.4, -0.2) is 24.1 Å². The van der Waals surface area contributed by atoms with Crippen molar-refractivity contribution in [3.8, 4) is 0 Å². The van der Waals surface area contributed by atoms with E-state index in [-0.39, 0.29) is 6.09 Å². The Bertz CT molecular complexity index is 402. The topological polar surface area (TPSA) is 29.5 Å². The molecule has 3 nitrogen and oxygen atoms in total. The normalized spacial score (nSPS) is 19.5. The van der Waals surface area contributed by atoms with Crippen molar-refractivity contribution < 1.29 is 9.53 Å². The van der Waals surface area contributed by atoms with E-state index in [1.54, 1.807) is 0 Å². The number of likely N-dealkylation sites (tertiary alicyclic amines) is 1. The Hall–Kier alpha value is -1.51. The van der Waals surface area contributed by atoms with Gasteiger partial charge in [-0.2, -0.15) is 0 Å². The van der Waals surface area contributed by atoms with E-state index in [1.807, 2.05) is 35.2 Å². The minimum atomic E-state index is -0.172. The summed E-state index contributed by atoms with van der Waals surface area (Å²) in [5.74, 6) is 1.24. The maximum Gasteiger partial charge on any atom is 0.410 e. The van der Waals surface area contributed by atoms with Crippen LogP contribution in [-0.2, 0) is 11.3 Å². The number of rotatable bonds is 3. The first-order valence-corrected chi connectivity index (χ1v) is 7.12. The van der Waals surface area contributed by atoms with Gasteiger partial charge >= 0.3 is 6.09 Å². The van der Waals surface area contributed by atoms with Crippen molar-refractivity contribution in [1.82, 2.24) is 4.90 Å². The molecule has 0 radical (unpaired) electrons. The van der Waals surface area contributed by atoms with Gasteiger partial charge in [-0.25, -0.2) is 4.79 Å². The Morgan fingerprint density at radius 2 is 2.11 bits per heavy atom. The number of piperidine rings is 1. The molecular weight excluding hydrogens is 238 g/mol. The molecule has 1 heterocycles. The number of hydrogen-bond donors (Lipinski definition) is 0. The monoisotopic (exact) mass is 261 g/mol. The highest BCUT2D eigenvalue weighted by atomic mass is 16.6. The summed E-state index contributed by atoms with van der Waals surface area (Å²) >= 11 is 0. The summed E-state index contributed by atoms with van der Waals surface area (Å²) in [5.41, 5.74) is 1.04. The second-order valence-corrected chi connectivity index (χ2v) is 5.63. The highest BCUT2D eigenvalue weighted by Crippen LogP contribution is 2.23. The van der Waals surface area contributed by atoms with Crippen molar-refractivity contribution in [2.75, 3.05) is 13.1 Å². The van der Waals surface area contributed by atoms with Crippen LogP contribution in [0, 0.1) is 11.8 Å². The molecule has 0 bridgehead atoms. The van der Waals surface area contributed by atoms with Gasteiger partial charge in [0.25, 0.3) is 0 Å². The van der Waals surface area contributed by atoms with E-state index in [0.717, 1.165) is 25.1 Å². The predicted octanol–water partition coefficient (Wildman–Crippen LogP) is 3.69. The van der Waals surface area contributed by atoms with E-state index in [1.165, 1.54) is 6.42 Å². The van der Waals surface area contributed by atoms with Crippen LogP contribution in [0.25, 0.3) is 0 Å². The van der Waals surface area contributed by atoms with E-state index in [4.69, 9.17) is 4.74 Å². The average molecular weight is 261 g/mol. The summed E-state index contributed by atoms with van der Waals surface area (Å²) in [7, 11) is 0. The molecule has 0 saturated carbocycles. The van der Waals surface area contributed by atoms with Gasteiger partial charge in [0.15, 0.2) is 0 Å². The lowest BCUT2D eigenvalue weighted by Gasteiger charge is -2.34. The number of amides is 1. The van der Waals surface area contributed by atoms with Crippen molar-refractivity contribution in [1.29, 1.82) is 0 Å². The van der Waals surface area contributed by atoms with E-state index >= 15 is 0 Å². The largest absolute Gasteiger partial charge is 0.445 e. The third kappa shape index (κ3) is 3.98. The van der Waals surface area contributed by atoms with Crippen LogP contribution in [0.2, 0.25) is 0 Å². The Labute approximate surface area is 115 Å². The fraction of sp³-hybridized carbons (Fsp3) is 0.562. The maximum absolute atomic E-state index is 12.0. The van der Waals surface area contributed by atoms with Crippen molar-refractivity contribution >= 4 is 6.09 Å². The van der Waals surface area contributed by atoms with E-state index < -0.39 is 0 Å². The molecule has 0 unspecified atom stereocenters. The third-order valence-electron chi connectivity index (χ3n) is 3.86. The Balaban J connectivity index is 1.83. The second-order valence-electron chi connectivity index (χ2n) is 5.63. The molecule has 1 atom stereocenters. The van der Waals surface area contributed by atoms with Crippen molar-refractivity contribution in [2.24, 2.45) is 11.8 Å². The molecular formula is C16H23NO2. The van der Waals surface area contributed by atoms with Crippen LogP contribution in [0.1, 0.15) is 32.3 Å². The molecule has 1 saturated heterocycles. The third-order valence-corrected chi connectivity index (χ3v) is 3.86. The number of carbonyl (C=O) groups is 1. The highest BCUT2D eigenvalue weighted by Gasteiger charge is 2.26. The van der Waals surface area contributed by atoms with Gasteiger partial charge in [-0.3, -0.25) is 0 Å². The van der Waals surface area contributed by atoms with Crippen LogP contribution in [0.4, 0.5) is 4.79 Å². The summed E-state index contributed by atoms with van der Waals surface area (Å²) in [6.45, 7) is 6.48. The van der Waals surface area contributed by atoms with Gasteiger partial charge in [0, 0.05) is 13.1 Å². The lowest BCUT2D eigenvalue weighted by molar-refractivity contribution is 0.0728. The number of hydrogen-bond acceptors (Lipinski definition) is 2. The van der Waals surface area contributed by atoms with Crippen LogP contribution < -0.4 is 0 Å². The molecule has 0 aromatic heterocycles. The minimum Gasteiger partial charge on any atom is -0.445 e. The molecule has 104 valence electrons. The zero-order chi connectivity index (χ0) is 13.7. The Morgan fingerprint density at radius 3 is 2.79 bits per heavy atom. The summed E-state index contributed by atoms with van der Waals surface area (Å²) in [5, 5.41) is 0. The molecule has 0 spiro atoms. The van der Waals surface area contributed by atoms with Crippen LogP contribution in [0.5, 0.6) is 0 Å². The minimum absolute atomic E-state index is 0.172. The number of carbonyl (C=O) groups excluding carboxylic acids is 1. The van der Waals surface area contributed by atoms with Gasteiger partial charge in [0.05, 0.1) is 0 Å². The summed E-state index contributed by atoms with van der Waals surface area (Å²) in [6, 6.07) is 9.82. The lowest BCUT2D eigenvalue weighted by atomic mass is 9.88. The Kier molecular flexibility index (Phi) is 4.83. The average Bonchev–Trinajstić information content (AvgIpc) is 2.46. The zero-order valence-electron chi connectivity index (χ0n) is 11.8. The zero-order valence-corrected chi connectivity index (χ0v) is 11.8. The van der Waals surface area contributed by atoms with Crippen LogP contribution in [0.15, 0.2) is 30.3 Å². The quantitative estimate of drug-likeness (QED) is 0.830. The van der Waals surface area contributed by atoms with Crippen LogP contribution in [0.3, 0.4) is 0 Å². The summed E-state index contributed by atoms with van der Waals surface area (Å²) in [6.07, 6.45) is 2.14. The van der Waals surface area contributed by atoms with Gasteiger partial charge < -0.3 is 9.64 Å². The first-order valence-electron chi connectivity index (χ1n) is 7.12. The Morgan fingerprint density at radius 1 is 1.37 bits per heavy atom. The molecule has 3 heteroatoms. The fourth-order valence-electron chi connectivity index (χ4n) is 2.53. The van der Waals surface area contributed by atoms with E-state index in [2.05, 4.69) is 13.8 Å². The first kappa shape index (κ1) is 13.9. The molecule has 1 amide bonds. The molecule has 1 aromatic carbocycles. The van der Waals surface area contributed by atoms with Gasteiger partial charge in [-0.05, 0) is 30.2 Å². The lowest BCUT2D eigenvalue weighted by Crippen LogP contribution is -2.41. The molecule has 1 fully saturated rings. The highest BCUT2D eigenvalue weighted by molar-refractivity contribution is 5.67. The first-order chi connectivity index (χ1) is 9.16. The van der Waals surface area contributed by atoms with E-state index in [0.29, 0.717) is 18.4 Å². The molecule has 0 aliphatic carbocycles. The van der Waals surface area contributed by atoms with Crippen molar-refractivity contribution in [2.45, 2.75) is 33.3 Å². The molecule has 19 heavy (non-hydrogen) atoms. The maximum atomic E-state index is 12.0. The van der Waals surface area contributed by atoms with Crippen molar-refractivity contribution in [3.05, 3.63) is 35.9 Å². The number of ether oxygens (including phenoxy) is 1. The molecule has 1 aliphatic rings. The molecule has 0 N–H and O–H groups in total. The van der Waals surface area contributed by atoms with Gasteiger partial charge in [0.2, 0.25) is 0 Å². The van der Waals surface area contributed by atoms with Gasteiger partial charge in [0.1, 0.15) is 6.61 Å². The van der Waals surface area contributed by atoms with E-state index in [9.17, 15) is 4.79 Å². The SMILES string of the molecule is CC(C)[C@@H]1CCCN(C(=O)OCc2ccccc2)C1. The standard InChI is InChI=1S/C16H23NO2/c1-13(2)15-9-6-10-17(11-15)16(18)19-12-14-7-4-3-5-8-14/h3-5,7-8,13,15H,6,9-12H2,1-2H3/t15-/m1/s1. The van der Waals surface area contributed by atoms with Crippen LogP contribution >= 0.6 is 0 Å². The number of nitrogens with zero attached hydrogens (tertiary/aromatic N) is 1. The summed E-state index contributed by atoms with van der Waals surface area (Å²) in [4.78, 5) is 13.9. The second kappa shape index (κ2) is 6.60. The number of benzene rings is 1. The summed E-state index contributed by atoms with van der Waals surface area (Å²) < 4.78 is 5.38.